The molecule has 2 aromatic carbocycles. The fourth-order valence-electron chi connectivity index (χ4n) is 3.29. The molecule has 29 heavy (non-hydrogen) atoms. The summed E-state index contributed by atoms with van der Waals surface area (Å²) in [5.41, 5.74) is 1.10. The highest BCUT2D eigenvalue weighted by Crippen LogP contribution is 2.38. The van der Waals surface area contributed by atoms with Gasteiger partial charge in [0.15, 0.2) is 11.5 Å². The average Bonchev–Trinajstić information content (AvgIpc) is 3.04. The number of rotatable bonds is 4. The lowest BCUT2D eigenvalue weighted by Crippen LogP contribution is -2.31. The van der Waals surface area contributed by atoms with Gasteiger partial charge in [-0.15, -0.1) is 0 Å². The van der Waals surface area contributed by atoms with Crippen LogP contribution in [0.4, 0.5) is 13.2 Å². The van der Waals surface area contributed by atoms with E-state index >= 15 is 0 Å². The van der Waals surface area contributed by atoms with E-state index in [9.17, 15) is 18.0 Å². The van der Waals surface area contributed by atoms with Crippen LogP contribution in [0.2, 0.25) is 0 Å². The van der Waals surface area contributed by atoms with Crippen molar-refractivity contribution in [3.05, 3.63) is 53.9 Å². The van der Waals surface area contributed by atoms with E-state index in [1.165, 1.54) is 12.1 Å². The summed E-state index contributed by atoms with van der Waals surface area (Å²) in [5, 5.41) is 2.73. The summed E-state index contributed by atoms with van der Waals surface area (Å²) in [6, 6.07) is 11.7. The number of fused-ring (bicyclic) bond motifs is 2. The minimum atomic E-state index is -4.72. The first-order valence-corrected chi connectivity index (χ1v) is 9.04. The standard InChI is InChI=1S/C20H18F3N3O3/c1-12(13-5-3-2-4-6-13)24-18(27)11-26-15-10-17-16(28-7-8-29-17)9-14(15)25-19(26)20(21,22)23/h2-6,9-10,12H,7-8,11H2,1H3,(H,24,27). The van der Waals surface area contributed by atoms with Crippen molar-refractivity contribution < 1.29 is 27.4 Å². The third-order valence-electron chi connectivity index (χ3n) is 4.64. The molecule has 1 N–H and O–H groups in total. The van der Waals surface area contributed by atoms with E-state index in [0.29, 0.717) is 24.7 Å². The van der Waals surface area contributed by atoms with Crippen molar-refractivity contribution in [3.8, 4) is 11.5 Å². The lowest BCUT2D eigenvalue weighted by atomic mass is 10.1. The Morgan fingerprint density at radius 3 is 2.48 bits per heavy atom. The van der Waals surface area contributed by atoms with E-state index in [1.54, 1.807) is 6.92 Å². The molecule has 6 nitrogen and oxygen atoms in total. The molecule has 1 unspecified atom stereocenters. The number of carbonyl (C=O) groups excluding carboxylic acids is 1. The van der Waals surface area contributed by atoms with Crippen molar-refractivity contribution in [2.75, 3.05) is 13.2 Å². The number of hydrogen-bond acceptors (Lipinski definition) is 4. The molecule has 1 aromatic heterocycles. The quantitative estimate of drug-likeness (QED) is 0.719. The first-order valence-electron chi connectivity index (χ1n) is 9.04. The molecule has 1 amide bonds. The van der Waals surface area contributed by atoms with Gasteiger partial charge in [-0.05, 0) is 12.5 Å². The molecular formula is C20H18F3N3O3. The maximum absolute atomic E-state index is 13.6. The zero-order valence-electron chi connectivity index (χ0n) is 15.5. The lowest BCUT2D eigenvalue weighted by Gasteiger charge is -2.19. The van der Waals surface area contributed by atoms with Gasteiger partial charge in [0.25, 0.3) is 0 Å². The molecule has 0 saturated carbocycles. The molecule has 0 fully saturated rings. The second-order valence-corrected chi connectivity index (χ2v) is 6.70. The van der Waals surface area contributed by atoms with E-state index in [4.69, 9.17) is 9.47 Å². The molecule has 2 heterocycles. The SMILES string of the molecule is CC(NC(=O)Cn1c(C(F)(F)F)nc2cc3c(cc21)OCCO3)c1ccccc1. The first-order chi connectivity index (χ1) is 13.8. The van der Waals surface area contributed by atoms with E-state index in [1.807, 2.05) is 30.3 Å². The number of hydrogen-bond donors (Lipinski definition) is 1. The Hall–Kier alpha value is -3.23. The van der Waals surface area contributed by atoms with Gasteiger partial charge < -0.3 is 19.4 Å². The van der Waals surface area contributed by atoms with Crippen molar-refractivity contribution in [1.82, 2.24) is 14.9 Å². The molecule has 0 spiro atoms. The van der Waals surface area contributed by atoms with Crippen LogP contribution in [0, 0.1) is 0 Å². The Kier molecular flexibility index (Phi) is 4.81. The maximum atomic E-state index is 13.6. The molecular weight excluding hydrogens is 387 g/mol. The number of ether oxygens (including phenoxy) is 2. The van der Waals surface area contributed by atoms with Crippen LogP contribution in [0.15, 0.2) is 42.5 Å². The van der Waals surface area contributed by atoms with Crippen molar-refractivity contribution in [1.29, 1.82) is 0 Å². The molecule has 1 aliphatic rings. The summed E-state index contributed by atoms with van der Waals surface area (Å²) >= 11 is 0. The predicted molar refractivity (Wildman–Crippen MR) is 98.7 cm³/mol. The molecule has 152 valence electrons. The van der Waals surface area contributed by atoms with Crippen LogP contribution >= 0.6 is 0 Å². The molecule has 3 aromatic rings. The normalized spacial score (nSPS) is 14.6. The summed E-state index contributed by atoms with van der Waals surface area (Å²) in [4.78, 5) is 16.2. The minimum Gasteiger partial charge on any atom is -0.486 e. The van der Waals surface area contributed by atoms with Crippen LogP contribution < -0.4 is 14.8 Å². The highest BCUT2D eigenvalue weighted by Gasteiger charge is 2.38. The Bertz CT molecular complexity index is 1050. The van der Waals surface area contributed by atoms with Crippen molar-refractivity contribution in [2.45, 2.75) is 25.7 Å². The van der Waals surface area contributed by atoms with Crippen LogP contribution in [0.3, 0.4) is 0 Å². The van der Waals surface area contributed by atoms with Gasteiger partial charge in [0.1, 0.15) is 19.8 Å². The summed E-state index contributed by atoms with van der Waals surface area (Å²) in [6.07, 6.45) is -4.72. The maximum Gasteiger partial charge on any atom is 0.449 e. The Balaban J connectivity index is 1.67. The first kappa shape index (κ1) is 19.1. The summed E-state index contributed by atoms with van der Waals surface area (Å²) < 4.78 is 52.4. The zero-order chi connectivity index (χ0) is 20.6. The molecule has 0 saturated heterocycles. The number of carbonyl (C=O) groups is 1. The number of nitrogens with zero attached hydrogens (tertiary/aromatic N) is 2. The molecule has 1 aliphatic heterocycles. The Morgan fingerprint density at radius 2 is 1.83 bits per heavy atom. The van der Waals surface area contributed by atoms with Gasteiger partial charge in [0, 0.05) is 12.1 Å². The number of amides is 1. The van der Waals surface area contributed by atoms with Crippen molar-refractivity contribution in [3.63, 3.8) is 0 Å². The summed E-state index contributed by atoms with van der Waals surface area (Å²) in [6.45, 7) is 1.85. The Labute approximate surface area is 164 Å². The molecule has 0 bridgehead atoms. The van der Waals surface area contributed by atoms with Crippen molar-refractivity contribution in [2.24, 2.45) is 0 Å². The highest BCUT2D eigenvalue weighted by molar-refractivity contribution is 5.84. The van der Waals surface area contributed by atoms with Gasteiger partial charge >= 0.3 is 6.18 Å². The highest BCUT2D eigenvalue weighted by atomic mass is 19.4. The number of alkyl halides is 3. The van der Waals surface area contributed by atoms with E-state index in [0.717, 1.165) is 10.1 Å². The second kappa shape index (κ2) is 7.31. The topological polar surface area (TPSA) is 65.4 Å². The number of nitrogens with one attached hydrogen (secondary N) is 1. The van der Waals surface area contributed by atoms with Gasteiger partial charge in [-0.1, -0.05) is 30.3 Å². The zero-order valence-corrected chi connectivity index (χ0v) is 15.5. The molecule has 0 radical (unpaired) electrons. The van der Waals surface area contributed by atoms with Gasteiger partial charge in [0.05, 0.1) is 17.1 Å². The second-order valence-electron chi connectivity index (χ2n) is 6.70. The van der Waals surface area contributed by atoms with Crippen LogP contribution in [-0.4, -0.2) is 28.7 Å². The largest absolute Gasteiger partial charge is 0.486 e. The molecule has 1 atom stereocenters. The van der Waals surface area contributed by atoms with Gasteiger partial charge in [0.2, 0.25) is 11.7 Å². The molecule has 9 heteroatoms. The minimum absolute atomic E-state index is 0.0884. The number of halogens is 3. The van der Waals surface area contributed by atoms with Crippen LogP contribution in [0.1, 0.15) is 24.4 Å². The van der Waals surface area contributed by atoms with E-state index in [-0.39, 0.29) is 17.1 Å². The van der Waals surface area contributed by atoms with E-state index < -0.39 is 24.5 Å². The molecule has 4 rings (SSSR count). The van der Waals surface area contributed by atoms with Crippen molar-refractivity contribution >= 4 is 16.9 Å². The predicted octanol–water partition coefficient (Wildman–Crippen LogP) is 3.70. The van der Waals surface area contributed by atoms with Gasteiger partial charge in [-0.25, -0.2) is 4.98 Å². The number of aromatic nitrogens is 2. The monoisotopic (exact) mass is 405 g/mol. The molecule has 0 aliphatic carbocycles. The van der Waals surface area contributed by atoms with Crippen LogP contribution in [0.25, 0.3) is 11.0 Å². The third-order valence-corrected chi connectivity index (χ3v) is 4.64. The Morgan fingerprint density at radius 1 is 1.17 bits per heavy atom. The lowest BCUT2D eigenvalue weighted by molar-refractivity contribution is -0.147. The fraction of sp³-hybridized carbons (Fsp3) is 0.300. The smallest absolute Gasteiger partial charge is 0.449 e. The summed E-state index contributed by atoms with van der Waals surface area (Å²) in [7, 11) is 0. The van der Waals surface area contributed by atoms with Gasteiger partial charge in [-0.2, -0.15) is 13.2 Å². The average molecular weight is 405 g/mol. The van der Waals surface area contributed by atoms with Crippen LogP contribution in [-0.2, 0) is 17.5 Å². The fourth-order valence-corrected chi connectivity index (χ4v) is 3.29. The summed E-state index contributed by atoms with van der Waals surface area (Å²) in [5.74, 6) is -1.03. The van der Waals surface area contributed by atoms with Crippen LogP contribution in [0.5, 0.6) is 11.5 Å². The van der Waals surface area contributed by atoms with E-state index in [2.05, 4.69) is 10.3 Å². The van der Waals surface area contributed by atoms with Gasteiger partial charge in [-0.3, -0.25) is 4.79 Å². The number of benzene rings is 2. The number of imidazole rings is 1. The third kappa shape index (κ3) is 3.85.